The van der Waals surface area contributed by atoms with Gasteiger partial charge in [0.2, 0.25) is 0 Å². The average Bonchev–Trinajstić information content (AvgIpc) is 3.20. The molecule has 146 valence electrons. The lowest BCUT2D eigenvalue weighted by Gasteiger charge is -2.21. The summed E-state index contributed by atoms with van der Waals surface area (Å²) in [6, 6.07) is 26.1. The van der Waals surface area contributed by atoms with Crippen LogP contribution >= 0.6 is 0 Å². The zero-order chi connectivity index (χ0) is 20.7. The third-order valence-corrected chi connectivity index (χ3v) is 5.61. The molecule has 0 fully saturated rings. The first-order valence-corrected chi connectivity index (χ1v) is 9.64. The van der Waals surface area contributed by atoms with Gasteiger partial charge < -0.3 is 10.1 Å². The number of H-pyrrole nitrogens is 1. The first-order valence-electron chi connectivity index (χ1n) is 9.64. The van der Waals surface area contributed by atoms with E-state index >= 15 is 0 Å². The second-order valence-electron chi connectivity index (χ2n) is 7.29. The fraction of sp³-hybridized carbons (Fsp3) is 0.0400. The van der Waals surface area contributed by atoms with Crippen molar-refractivity contribution in [3.05, 3.63) is 118 Å². The van der Waals surface area contributed by atoms with Crippen LogP contribution in [0.3, 0.4) is 0 Å². The summed E-state index contributed by atoms with van der Waals surface area (Å²) in [6.07, 6.45) is 1.96. The van der Waals surface area contributed by atoms with E-state index in [0.717, 1.165) is 38.4 Å². The number of nitrogens with zero attached hydrogens (tertiary/aromatic N) is 1. The van der Waals surface area contributed by atoms with Crippen LogP contribution in [-0.4, -0.2) is 15.0 Å². The Labute approximate surface area is 172 Å². The molecule has 30 heavy (non-hydrogen) atoms. The quantitative estimate of drug-likeness (QED) is 0.285. The number of nitrogens with one attached hydrogen (secondary N) is 1. The Kier molecular flexibility index (Phi) is 4.21. The monoisotopic (exact) mass is 394 g/mol. The van der Waals surface area contributed by atoms with Gasteiger partial charge in [-0.25, -0.2) is 0 Å². The van der Waals surface area contributed by atoms with Gasteiger partial charge in [0.1, 0.15) is 5.75 Å². The summed E-state index contributed by atoms with van der Waals surface area (Å²) in [6.45, 7) is 0. The summed E-state index contributed by atoms with van der Waals surface area (Å²) < 4.78 is 0. The van der Waals surface area contributed by atoms with Crippen LogP contribution < -0.4 is 0 Å². The zero-order valence-electron chi connectivity index (χ0n) is 15.9. The first-order chi connectivity index (χ1) is 14.6. The van der Waals surface area contributed by atoms with Crippen LogP contribution in [0.5, 0.6) is 5.75 Å². The second-order valence-corrected chi connectivity index (χ2v) is 7.29. The molecule has 0 aliphatic carbocycles. The molecule has 5 nitrogen and oxygen atoms in total. The maximum absolute atomic E-state index is 11.1. The van der Waals surface area contributed by atoms with Crippen molar-refractivity contribution >= 4 is 27.4 Å². The molecule has 0 bridgehead atoms. The number of fused-ring (bicyclic) bond motifs is 2. The Morgan fingerprint density at radius 3 is 2.30 bits per heavy atom. The van der Waals surface area contributed by atoms with E-state index in [9.17, 15) is 15.2 Å². The molecule has 2 N–H and O–H groups in total. The molecule has 0 aliphatic heterocycles. The van der Waals surface area contributed by atoms with Crippen molar-refractivity contribution in [2.24, 2.45) is 0 Å². The van der Waals surface area contributed by atoms with Gasteiger partial charge in [0.05, 0.1) is 4.92 Å². The summed E-state index contributed by atoms with van der Waals surface area (Å²) in [5, 5.41) is 25.1. The number of non-ortho nitro benzene ring substituents is 1. The molecule has 5 aromatic rings. The Balaban J connectivity index is 1.82. The smallest absolute Gasteiger partial charge is 0.269 e. The van der Waals surface area contributed by atoms with Gasteiger partial charge in [-0.15, -0.1) is 0 Å². The van der Waals surface area contributed by atoms with Gasteiger partial charge in [0.25, 0.3) is 5.69 Å². The van der Waals surface area contributed by atoms with Crippen molar-refractivity contribution in [2.75, 3.05) is 0 Å². The molecule has 0 saturated heterocycles. The zero-order valence-corrected chi connectivity index (χ0v) is 15.9. The van der Waals surface area contributed by atoms with Crippen molar-refractivity contribution in [1.82, 2.24) is 4.98 Å². The van der Waals surface area contributed by atoms with E-state index in [1.807, 2.05) is 60.8 Å². The lowest BCUT2D eigenvalue weighted by Crippen LogP contribution is -2.05. The summed E-state index contributed by atoms with van der Waals surface area (Å²) in [5.41, 5.74) is 3.70. The topological polar surface area (TPSA) is 79.2 Å². The Hall–Kier alpha value is -4.12. The van der Waals surface area contributed by atoms with E-state index in [4.69, 9.17) is 0 Å². The number of hydrogen-bond donors (Lipinski definition) is 2. The van der Waals surface area contributed by atoms with Gasteiger partial charge in [-0.1, -0.05) is 60.7 Å². The molecule has 0 amide bonds. The van der Waals surface area contributed by atoms with Gasteiger partial charge in [0.15, 0.2) is 0 Å². The highest BCUT2D eigenvalue weighted by atomic mass is 16.6. The van der Waals surface area contributed by atoms with Crippen LogP contribution in [-0.2, 0) is 0 Å². The number of nitro groups is 1. The molecule has 1 aromatic heterocycles. The van der Waals surface area contributed by atoms with Crippen molar-refractivity contribution in [2.45, 2.75) is 5.92 Å². The van der Waals surface area contributed by atoms with Crippen molar-refractivity contribution in [3.8, 4) is 5.75 Å². The van der Waals surface area contributed by atoms with E-state index in [2.05, 4.69) is 4.98 Å². The molecule has 4 aromatic carbocycles. The number of benzene rings is 4. The van der Waals surface area contributed by atoms with Crippen LogP contribution in [0.15, 0.2) is 91.1 Å². The van der Waals surface area contributed by atoms with Crippen LogP contribution in [0.4, 0.5) is 5.69 Å². The molecule has 1 heterocycles. The Morgan fingerprint density at radius 2 is 1.53 bits per heavy atom. The fourth-order valence-corrected chi connectivity index (χ4v) is 4.21. The van der Waals surface area contributed by atoms with Crippen LogP contribution in [0.1, 0.15) is 22.6 Å². The van der Waals surface area contributed by atoms with Crippen LogP contribution in [0.2, 0.25) is 0 Å². The predicted molar refractivity (Wildman–Crippen MR) is 118 cm³/mol. The molecule has 0 aliphatic rings. The third kappa shape index (κ3) is 2.88. The van der Waals surface area contributed by atoms with Gasteiger partial charge in [0, 0.05) is 40.7 Å². The number of nitro benzene ring substituents is 1. The first kappa shape index (κ1) is 17.9. The van der Waals surface area contributed by atoms with E-state index in [-0.39, 0.29) is 17.4 Å². The summed E-state index contributed by atoms with van der Waals surface area (Å²) >= 11 is 0. The number of rotatable bonds is 4. The number of aromatic amines is 1. The molecule has 1 atom stereocenters. The number of phenolic OH excluding ortho intramolecular Hbond substituents is 1. The number of aromatic hydroxyl groups is 1. The second kappa shape index (κ2) is 7.04. The molecule has 5 rings (SSSR count). The van der Waals surface area contributed by atoms with Gasteiger partial charge in [-0.3, -0.25) is 10.1 Å². The number of aromatic nitrogens is 1. The van der Waals surface area contributed by atoms with E-state index in [1.54, 1.807) is 18.2 Å². The standard InChI is InChI=1S/C25H18N2O3/c28-23-14-11-16-5-1-2-6-19(16)25(23)24(17-9-12-18(13-10-17)27(29)30)21-15-26-22-8-4-3-7-20(21)22/h1-15,24,26,28H. The highest BCUT2D eigenvalue weighted by molar-refractivity contribution is 5.91. The van der Waals surface area contributed by atoms with Crippen LogP contribution in [0, 0.1) is 10.1 Å². The third-order valence-electron chi connectivity index (χ3n) is 5.61. The predicted octanol–water partition coefficient (Wildman–Crippen LogP) is 6.12. The SMILES string of the molecule is O=[N+]([O-])c1ccc(C(c2c(O)ccc3ccccc23)c2c[nH]c3ccccc23)cc1. The maximum Gasteiger partial charge on any atom is 0.269 e. The number of hydrogen-bond acceptors (Lipinski definition) is 3. The minimum absolute atomic E-state index is 0.0403. The molecule has 0 saturated carbocycles. The van der Waals surface area contributed by atoms with E-state index < -0.39 is 4.92 Å². The molecule has 0 spiro atoms. The van der Waals surface area contributed by atoms with Crippen molar-refractivity contribution in [3.63, 3.8) is 0 Å². The highest BCUT2D eigenvalue weighted by Gasteiger charge is 2.25. The highest BCUT2D eigenvalue weighted by Crippen LogP contribution is 2.43. The lowest BCUT2D eigenvalue weighted by atomic mass is 9.82. The molecule has 0 radical (unpaired) electrons. The fourth-order valence-electron chi connectivity index (χ4n) is 4.21. The average molecular weight is 394 g/mol. The maximum atomic E-state index is 11.1. The van der Waals surface area contributed by atoms with Crippen molar-refractivity contribution < 1.29 is 10.0 Å². The van der Waals surface area contributed by atoms with Gasteiger partial charge in [-0.05, 0) is 34.0 Å². The largest absolute Gasteiger partial charge is 0.508 e. The van der Waals surface area contributed by atoms with E-state index in [1.165, 1.54) is 12.1 Å². The Bertz CT molecular complexity index is 1390. The Morgan fingerprint density at radius 1 is 0.833 bits per heavy atom. The summed E-state index contributed by atoms with van der Waals surface area (Å²) in [5.74, 6) is -0.101. The number of para-hydroxylation sites is 1. The molecular weight excluding hydrogens is 376 g/mol. The van der Waals surface area contributed by atoms with Crippen LogP contribution in [0.25, 0.3) is 21.7 Å². The minimum Gasteiger partial charge on any atom is -0.508 e. The summed E-state index contributed by atoms with van der Waals surface area (Å²) in [4.78, 5) is 14.1. The van der Waals surface area contributed by atoms with Crippen molar-refractivity contribution in [1.29, 1.82) is 0 Å². The molecule has 1 unspecified atom stereocenters. The minimum atomic E-state index is -0.403. The lowest BCUT2D eigenvalue weighted by molar-refractivity contribution is -0.384. The van der Waals surface area contributed by atoms with Gasteiger partial charge >= 0.3 is 0 Å². The van der Waals surface area contributed by atoms with E-state index in [0.29, 0.717) is 0 Å². The summed E-state index contributed by atoms with van der Waals surface area (Å²) in [7, 11) is 0. The molecular formula is C25H18N2O3. The normalized spacial score (nSPS) is 12.3. The van der Waals surface area contributed by atoms with Gasteiger partial charge in [-0.2, -0.15) is 0 Å². The number of phenols is 1. The molecule has 5 heteroatoms.